The normalized spacial score (nSPS) is 21.1. The van der Waals surface area contributed by atoms with Crippen LogP contribution in [0.5, 0.6) is 0 Å². The molecule has 1 atom stereocenters. The van der Waals surface area contributed by atoms with Crippen molar-refractivity contribution in [3.8, 4) is 0 Å². The number of aromatic nitrogens is 2. The molecule has 88 valence electrons. The lowest BCUT2D eigenvalue weighted by atomic mass is 10.1. The van der Waals surface area contributed by atoms with E-state index in [1.54, 1.807) is 6.07 Å². The lowest BCUT2D eigenvalue weighted by Gasteiger charge is -2.36. The van der Waals surface area contributed by atoms with Gasteiger partial charge in [0.25, 0.3) is 5.56 Å². The first-order valence-electron chi connectivity index (χ1n) is 5.76. The van der Waals surface area contributed by atoms with E-state index in [4.69, 9.17) is 0 Å². The first-order valence-corrected chi connectivity index (χ1v) is 5.76. The van der Waals surface area contributed by atoms with Crippen LogP contribution in [0.15, 0.2) is 10.9 Å². The summed E-state index contributed by atoms with van der Waals surface area (Å²) in [5, 5.41) is 3.36. The molecule has 1 aliphatic heterocycles. The molecule has 0 saturated carbocycles. The van der Waals surface area contributed by atoms with Crippen molar-refractivity contribution in [2.75, 3.05) is 24.5 Å². The molecule has 2 rings (SSSR count). The van der Waals surface area contributed by atoms with Gasteiger partial charge in [0, 0.05) is 31.7 Å². The summed E-state index contributed by atoms with van der Waals surface area (Å²) in [5.41, 5.74) is -0.0733. The van der Waals surface area contributed by atoms with Gasteiger partial charge in [-0.1, -0.05) is 6.92 Å². The smallest absolute Gasteiger partial charge is 0.252 e. The first kappa shape index (κ1) is 11.1. The Morgan fingerprint density at radius 2 is 2.44 bits per heavy atom. The van der Waals surface area contributed by atoms with Crippen molar-refractivity contribution in [1.82, 2.24) is 15.3 Å². The Balaban J connectivity index is 2.30. The van der Waals surface area contributed by atoms with Crippen LogP contribution < -0.4 is 15.8 Å². The maximum atomic E-state index is 11.4. The number of aryl methyl sites for hydroxylation is 1. The number of nitrogens with zero attached hydrogens (tertiary/aromatic N) is 2. The fourth-order valence-electron chi connectivity index (χ4n) is 2.14. The Hall–Kier alpha value is -1.36. The average Bonchev–Trinajstić information content (AvgIpc) is 2.27. The predicted molar refractivity (Wildman–Crippen MR) is 63.9 cm³/mol. The second-order valence-corrected chi connectivity index (χ2v) is 4.15. The molecule has 0 aliphatic carbocycles. The SMILES string of the molecule is CCC1CNCCN1c1cc(=O)[nH]c(C)n1. The van der Waals surface area contributed by atoms with E-state index in [1.807, 2.05) is 6.92 Å². The zero-order valence-electron chi connectivity index (χ0n) is 9.79. The van der Waals surface area contributed by atoms with E-state index in [0.717, 1.165) is 31.9 Å². The van der Waals surface area contributed by atoms with E-state index >= 15 is 0 Å². The van der Waals surface area contributed by atoms with Gasteiger partial charge in [0.05, 0.1) is 0 Å². The van der Waals surface area contributed by atoms with Gasteiger partial charge in [0.2, 0.25) is 0 Å². The molecular weight excluding hydrogens is 204 g/mol. The van der Waals surface area contributed by atoms with Crippen LogP contribution in [-0.4, -0.2) is 35.6 Å². The van der Waals surface area contributed by atoms with Crippen molar-refractivity contribution in [3.05, 3.63) is 22.2 Å². The van der Waals surface area contributed by atoms with Crippen molar-refractivity contribution >= 4 is 5.82 Å². The zero-order valence-corrected chi connectivity index (χ0v) is 9.79. The summed E-state index contributed by atoms with van der Waals surface area (Å²) in [5.74, 6) is 1.48. The Bertz CT molecular complexity index is 415. The predicted octanol–water partition coefficient (Wildman–Crippen LogP) is 0.267. The van der Waals surface area contributed by atoms with Gasteiger partial charge in [-0.2, -0.15) is 0 Å². The van der Waals surface area contributed by atoms with Gasteiger partial charge >= 0.3 is 0 Å². The molecule has 1 unspecified atom stereocenters. The van der Waals surface area contributed by atoms with Crippen LogP contribution in [0.3, 0.4) is 0 Å². The Morgan fingerprint density at radius 1 is 1.62 bits per heavy atom. The fourth-order valence-corrected chi connectivity index (χ4v) is 2.14. The maximum Gasteiger partial charge on any atom is 0.252 e. The van der Waals surface area contributed by atoms with Crippen LogP contribution in [0.2, 0.25) is 0 Å². The fraction of sp³-hybridized carbons (Fsp3) is 0.636. The third-order valence-electron chi connectivity index (χ3n) is 2.96. The maximum absolute atomic E-state index is 11.4. The molecular formula is C11H18N4O. The third-order valence-corrected chi connectivity index (χ3v) is 2.96. The average molecular weight is 222 g/mol. The van der Waals surface area contributed by atoms with Crippen LogP contribution in [0.1, 0.15) is 19.2 Å². The summed E-state index contributed by atoms with van der Waals surface area (Å²) < 4.78 is 0. The highest BCUT2D eigenvalue weighted by Gasteiger charge is 2.22. The number of hydrogen-bond acceptors (Lipinski definition) is 4. The van der Waals surface area contributed by atoms with Crippen LogP contribution in [0.25, 0.3) is 0 Å². The van der Waals surface area contributed by atoms with Gasteiger partial charge in [-0.25, -0.2) is 4.98 Å². The van der Waals surface area contributed by atoms with E-state index in [9.17, 15) is 4.79 Å². The minimum atomic E-state index is -0.0733. The van der Waals surface area contributed by atoms with Crippen molar-refractivity contribution in [2.45, 2.75) is 26.3 Å². The summed E-state index contributed by atoms with van der Waals surface area (Å²) in [6.07, 6.45) is 1.06. The van der Waals surface area contributed by atoms with Gasteiger partial charge < -0.3 is 15.2 Å². The molecule has 1 aliphatic rings. The molecule has 5 nitrogen and oxygen atoms in total. The van der Waals surface area contributed by atoms with E-state index in [-0.39, 0.29) is 5.56 Å². The summed E-state index contributed by atoms with van der Waals surface area (Å²) in [7, 11) is 0. The molecule has 0 spiro atoms. The minimum Gasteiger partial charge on any atom is -0.351 e. The molecule has 1 fully saturated rings. The van der Waals surface area contributed by atoms with Gasteiger partial charge in [-0.15, -0.1) is 0 Å². The van der Waals surface area contributed by atoms with Gasteiger partial charge in [-0.3, -0.25) is 4.79 Å². The largest absolute Gasteiger partial charge is 0.351 e. The molecule has 16 heavy (non-hydrogen) atoms. The van der Waals surface area contributed by atoms with E-state index in [1.165, 1.54) is 0 Å². The number of aromatic amines is 1. The lowest BCUT2D eigenvalue weighted by Crippen LogP contribution is -2.51. The highest BCUT2D eigenvalue weighted by atomic mass is 16.1. The minimum absolute atomic E-state index is 0.0733. The molecule has 2 heterocycles. The van der Waals surface area contributed by atoms with Crippen LogP contribution >= 0.6 is 0 Å². The van der Waals surface area contributed by atoms with Gasteiger partial charge in [-0.05, 0) is 13.3 Å². The van der Waals surface area contributed by atoms with Crippen molar-refractivity contribution in [3.63, 3.8) is 0 Å². The lowest BCUT2D eigenvalue weighted by molar-refractivity contribution is 0.462. The highest BCUT2D eigenvalue weighted by molar-refractivity contribution is 5.39. The number of H-pyrrole nitrogens is 1. The standard InChI is InChI=1S/C11H18N4O/c1-3-9-7-12-4-5-15(9)10-6-11(16)14-8(2)13-10/h6,9,12H,3-5,7H2,1-2H3,(H,13,14,16). The number of hydrogen-bond donors (Lipinski definition) is 2. The Labute approximate surface area is 94.9 Å². The number of rotatable bonds is 2. The molecule has 0 radical (unpaired) electrons. The van der Waals surface area contributed by atoms with Crippen molar-refractivity contribution < 1.29 is 0 Å². The van der Waals surface area contributed by atoms with Crippen LogP contribution in [0.4, 0.5) is 5.82 Å². The number of piperazine rings is 1. The highest BCUT2D eigenvalue weighted by Crippen LogP contribution is 2.15. The van der Waals surface area contributed by atoms with Gasteiger partial charge in [0.15, 0.2) is 0 Å². The van der Waals surface area contributed by atoms with Crippen LogP contribution in [-0.2, 0) is 0 Å². The second kappa shape index (κ2) is 4.65. The molecule has 2 N–H and O–H groups in total. The summed E-state index contributed by atoms with van der Waals surface area (Å²) >= 11 is 0. The molecule has 0 amide bonds. The molecule has 0 aromatic carbocycles. The Morgan fingerprint density at radius 3 is 3.12 bits per heavy atom. The second-order valence-electron chi connectivity index (χ2n) is 4.15. The quantitative estimate of drug-likeness (QED) is 0.754. The summed E-state index contributed by atoms with van der Waals surface area (Å²) in [6.45, 7) is 6.79. The molecule has 0 bridgehead atoms. The molecule has 1 aromatic rings. The number of anilines is 1. The molecule has 1 aromatic heterocycles. The van der Waals surface area contributed by atoms with Crippen molar-refractivity contribution in [1.29, 1.82) is 0 Å². The number of nitrogens with one attached hydrogen (secondary N) is 2. The third kappa shape index (κ3) is 2.24. The van der Waals surface area contributed by atoms with E-state index in [0.29, 0.717) is 11.9 Å². The summed E-state index contributed by atoms with van der Waals surface area (Å²) in [4.78, 5) is 20.7. The van der Waals surface area contributed by atoms with Crippen LogP contribution in [0, 0.1) is 6.92 Å². The monoisotopic (exact) mass is 222 g/mol. The van der Waals surface area contributed by atoms with E-state index in [2.05, 4.69) is 27.1 Å². The Kier molecular flexibility index (Phi) is 3.24. The molecule has 5 heteroatoms. The topological polar surface area (TPSA) is 61.0 Å². The van der Waals surface area contributed by atoms with E-state index < -0.39 is 0 Å². The summed E-state index contributed by atoms with van der Waals surface area (Å²) in [6, 6.07) is 2.02. The first-order chi connectivity index (χ1) is 7.70. The zero-order chi connectivity index (χ0) is 11.5. The van der Waals surface area contributed by atoms with Gasteiger partial charge in [0.1, 0.15) is 11.6 Å². The molecule has 1 saturated heterocycles. The van der Waals surface area contributed by atoms with Crippen molar-refractivity contribution in [2.24, 2.45) is 0 Å².